The molecule has 0 N–H and O–H groups in total. The largest absolute Gasteiger partial charge is 0.463 e. The third-order valence-electron chi connectivity index (χ3n) is 2.51. The summed E-state index contributed by atoms with van der Waals surface area (Å²) in [5.41, 5.74) is 1.82. The molecule has 5 heteroatoms. The quantitative estimate of drug-likeness (QED) is 0.433. The zero-order valence-corrected chi connectivity index (χ0v) is 10.0. The molecule has 0 aliphatic heterocycles. The van der Waals surface area contributed by atoms with Gasteiger partial charge in [0.15, 0.2) is 0 Å². The number of hydrogen-bond donors (Lipinski definition) is 0. The van der Waals surface area contributed by atoms with Gasteiger partial charge in [0.05, 0.1) is 18.4 Å². The van der Waals surface area contributed by atoms with Crippen molar-refractivity contribution in [1.29, 1.82) is 0 Å². The van der Waals surface area contributed by atoms with Gasteiger partial charge < -0.3 is 4.74 Å². The summed E-state index contributed by atoms with van der Waals surface area (Å²) in [6.45, 7) is 3.82. The van der Waals surface area contributed by atoms with Crippen LogP contribution in [0.15, 0.2) is 0 Å². The van der Waals surface area contributed by atoms with E-state index < -0.39 is 11.8 Å². The fourth-order valence-electron chi connectivity index (χ4n) is 1.73. The van der Waals surface area contributed by atoms with Crippen molar-refractivity contribution in [2.75, 3.05) is 7.11 Å². The van der Waals surface area contributed by atoms with Gasteiger partial charge >= 0.3 is 5.97 Å². The first kappa shape index (κ1) is 12.4. The smallest absolute Gasteiger partial charge is 0.379 e. The van der Waals surface area contributed by atoms with E-state index in [9.17, 15) is 9.59 Å². The van der Waals surface area contributed by atoms with Crippen LogP contribution in [0.3, 0.4) is 0 Å². The number of aromatic nitrogens is 2. The third-order valence-corrected chi connectivity index (χ3v) is 2.51. The molecule has 5 nitrogen and oxygen atoms in total. The molecule has 16 heavy (non-hydrogen) atoms. The molecule has 1 aromatic heterocycles. The Labute approximate surface area is 94.4 Å². The van der Waals surface area contributed by atoms with Crippen LogP contribution in [0.25, 0.3) is 0 Å². The highest BCUT2D eigenvalue weighted by Gasteiger charge is 2.26. The minimum atomic E-state index is -0.836. The van der Waals surface area contributed by atoms with Crippen LogP contribution in [0.2, 0.25) is 0 Å². The Balaban J connectivity index is 3.29. The second-order valence-electron chi connectivity index (χ2n) is 3.42. The van der Waals surface area contributed by atoms with Crippen LogP contribution in [0.4, 0.5) is 0 Å². The molecule has 1 rings (SSSR count). The Hall–Kier alpha value is -1.65. The summed E-state index contributed by atoms with van der Waals surface area (Å²) >= 11 is 0. The Kier molecular flexibility index (Phi) is 3.82. The molecule has 0 amide bonds. The number of carbonyl (C=O) groups excluding carboxylic acids is 2. The van der Waals surface area contributed by atoms with Crippen molar-refractivity contribution in [3.8, 4) is 0 Å². The van der Waals surface area contributed by atoms with Crippen LogP contribution < -0.4 is 0 Å². The lowest BCUT2D eigenvalue weighted by atomic mass is 10.1. The molecule has 0 atom stereocenters. The molecule has 0 unspecified atom stereocenters. The van der Waals surface area contributed by atoms with Gasteiger partial charge in [-0.05, 0) is 12.8 Å². The van der Waals surface area contributed by atoms with Crippen LogP contribution in [0.1, 0.15) is 35.6 Å². The average molecular weight is 224 g/mol. The fraction of sp³-hybridized carbons (Fsp3) is 0.545. The van der Waals surface area contributed by atoms with Gasteiger partial charge in [0.2, 0.25) is 0 Å². The van der Waals surface area contributed by atoms with Crippen molar-refractivity contribution in [3.63, 3.8) is 0 Å². The van der Waals surface area contributed by atoms with E-state index in [0.29, 0.717) is 24.1 Å². The minimum Gasteiger partial charge on any atom is -0.463 e. The number of ether oxygens (including phenoxy) is 1. The first-order valence-electron chi connectivity index (χ1n) is 5.24. The fourth-order valence-corrected chi connectivity index (χ4v) is 1.73. The Bertz CT molecular complexity index is 421. The maximum absolute atomic E-state index is 11.8. The lowest BCUT2D eigenvalue weighted by molar-refractivity contribution is -0.135. The van der Waals surface area contributed by atoms with Crippen LogP contribution in [-0.2, 0) is 29.4 Å². The van der Waals surface area contributed by atoms with Gasteiger partial charge in [-0.1, -0.05) is 13.8 Å². The summed E-state index contributed by atoms with van der Waals surface area (Å²) in [6.07, 6.45) is 1.27. The lowest BCUT2D eigenvalue weighted by Crippen LogP contribution is -2.18. The normalized spacial score (nSPS) is 10.2. The number of nitrogens with zero attached hydrogens (tertiary/aromatic N) is 2. The van der Waals surface area contributed by atoms with E-state index in [4.69, 9.17) is 0 Å². The maximum Gasteiger partial charge on any atom is 0.379 e. The first-order valence-corrected chi connectivity index (χ1v) is 5.24. The molecule has 0 bridgehead atoms. The van der Waals surface area contributed by atoms with Crippen molar-refractivity contribution in [2.45, 2.75) is 26.7 Å². The van der Waals surface area contributed by atoms with E-state index in [1.165, 1.54) is 7.11 Å². The second-order valence-corrected chi connectivity index (χ2v) is 3.42. The van der Waals surface area contributed by atoms with E-state index in [0.717, 1.165) is 5.69 Å². The summed E-state index contributed by atoms with van der Waals surface area (Å²) in [4.78, 5) is 23.1. The number of hydrogen-bond acceptors (Lipinski definition) is 4. The van der Waals surface area contributed by atoms with E-state index in [1.54, 1.807) is 11.7 Å². The van der Waals surface area contributed by atoms with E-state index in [-0.39, 0.29) is 0 Å². The van der Waals surface area contributed by atoms with Gasteiger partial charge in [-0.3, -0.25) is 9.48 Å². The Morgan fingerprint density at radius 3 is 2.38 bits per heavy atom. The van der Waals surface area contributed by atoms with Crippen LogP contribution >= 0.6 is 0 Å². The van der Waals surface area contributed by atoms with Crippen molar-refractivity contribution in [2.24, 2.45) is 7.05 Å². The number of esters is 1. The van der Waals surface area contributed by atoms with Crippen LogP contribution in [-0.4, -0.2) is 28.6 Å². The summed E-state index contributed by atoms with van der Waals surface area (Å²) < 4.78 is 6.10. The monoisotopic (exact) mass is 224 g/mol. The Morgan fingerprint density at radius 1 is 1.31 bits per heavy atom. The summed E-state index contributed by atoms with van der Waals surface area (Å²) in [5.74, 6) is -1.44. The van der Waals surface area contributed by atoms with Gasteiger partial charge in [-0.15, -0.1) is 0 Å². The van der Waals surface area contributed by atoms with Gasteiger partial charge in [-0.2, -0.15) is 5.10 Å². The molecule has 0 saturated heterocycles. The number of methoxy groups -OCH3 is 1. The average Bonchev–Trinajstić information content (AvgIpc) is 2.62. The molecule has 0 fully saturated rings. The van der Waals surface area contributed by atoms with Gasteiger partial charge in [0.25, 0.3) is 5.78 Å². The molecule has 88 valence electrons. The van der Waals surface area contributed by atoms with Crippen molar-refractivity contribution < 1.29 is 14.3 Å². The number of carbonyl (C=O) groups is 2. The van der Waals surface area contributed by atoms with Crippen LogP contribution in [0, 0.1) is 0 Å². The molecular weight excluding hydrogens is 208 g/mol. The summed E-state index contributed by atoms with van der Waals surface area (Å²) in [7, 11) is 2.97. The lowest BCUT2D eigenvalue weighted by Gasteiger charge is -2.02. The van der Waals surface area contributed by atoms with Crippen LogP contribution in [0.5, 0.6) is 0 Å². The molecule has 0 aromatic carbocycles. The molecule has 0 radical (unpaired) electrons. The molecule has 0 spiro atoms. The second kappa shape index (κ2) is 4.92. The minimum absolute atomic E-state index is 0.402. The predicted octanol–water partition coefficient (Wildman–Crippen LogP) is 0.901. The molecule has 0 aliphatic rings. The standard InChI is InChI=1S/C11H16N2O3/c1-5-7-9(10(14)11(15)16-4)8(6-2)13(3)12-7/h5-6H2,1-4H3. The zero-order valence-electron chi connectivity index (χ0n) is 10.0. The topological polar surface area (TPSA) is 61.2 Å². The molecule has 0 saturated carbocycles. The predicted molar refractivity (Wildman–Crippen MR) is 58.3 cm³/mol. The Morgan fingerprint density at radius 2 is 1.94 bits per heavy atom. The summed E-state index contributed by atoms with van der Waals surface area (Å²) in [5, 5.41) is 4.23. The highest BCUT2D eigenvalue weighted by atomic mass is 16.5. The molecular formula is C11H16N2O3. The van der Waals surface area contributed by atoms with Crippen molar-refractivity contribution in [1.82, 2.24) is 9.78 Å². The van der Waals surface area contributed by atoms with E-state index in [2.05, 4.69) is 9.84 Å². The first-order chi connectivity index (χ1) is 7.56. The van der Waals surface area contributed by atoms with Crippen molar-refractivity contribution in [3.05, 3.63) is 17.0 Å². The molecule has 1 heterocycles. The number of Topliss-reactive ketones (excluding diaryl/α,β-unsaturated/α-hetero) is 1. The maximum atomic E-state index is 11.8. The number of aryl methyl sites for hydroxylation is 2. The highest BCUT2D eigenvalue weighted by Crippen LogP contribution is 2.16. The van der Waals surface area contributed by atoms with Gasteiger partial charge in [0, 0.05) is 12.7 Å². The SMILES string of the molecule is CCc1nn(C)c(CC)c1C(=O)C(=O)OC. The third kappa shape index (κ3) is 1.98. The van der Waals surface area contributed by atoms with E-state index >= 15 is 0 Å². The zero-order chi connectivity index (χ0) is 12.3. The molecule has 1 aromatic rings. The van der Waals surface area contributed by atoms with E-state index in [1.807, 2.05) is 13.8 Å². The van der Waals surface area contributed by atoms with Gasteiger partial charge in [-0.25, -0.2) is 4.79 Å². The number of rotatable bonds is 4. The summed E-state index contributed by atoms with van der Waals surface area (Å²) in [6, 6.07) is 0. The number of ketones is 1. The van der Waals surface area contributed by atoms with Gasteiger partial charge in [0.1, 0.15) is 0 Å². The highest BCUT2D eigenvalue weighted by molar-refractivity contribution is 6.41. The van der Waals surface area contributed by atoms with Crippen molar-refractivity contribution >= 4 is 11.8 Å². The molecule has 0 aliphatic carbocycles.